The Balaban J connectivity index is 2.40. The maximum absolute atomic E-state index is 11.8. The van der Waals surface area contributed by atoms with Crippen molar-refractivity contribution >= 4 is 23.2 Å². The highest BCUT2D eigenvalue weighted by Crippen LogP contribution is 2.18. The molecule has 0 unspecified atom stereocenters. The third-order valence-corrected chi connectivity index (χ3v) is 2.70. The molecule has 2 rings (SSSR count). The molecule has 0 aliphatic heterocycles. The van der Waals surface area contributed by atoms with Gasteiger partial charge in [0.15, 0.2) is 5.65 Å². The van der Waals surface area contributed by atoms with Crippen molar-refractivity contribution in [1.82, 2.24) is 14.6 Å². The molecule has 102 valence electrons. The second kappa shape index (κ2) is 4.70. The van der Waals surface area contributed by atoms with E-state index in [0.29, 0.717) is 16.4 Å². The van der Waals surface area contributed by atoms with Gasteiger partial charge in [-0.15, -0.1) is 0 Å². The first-order valence-electron chi connectivity index (χ1n) is 5.74. The summed E-state index contributed by atoms with van der Waals surface area (Å²) < 4.78 is 6.49. The van der Waals surface area contributed by atoms with E-state index >= 15 is 0 Å². The highest BCUT2D eigenvalue weighted by atomic mass is 35.5. The second-order valence-electron chi connectivity index (χ2n) is 5.11. The molecule has 0 saturated heterocycles. The van der Waals surface area contributed by atoms with Crippen LogP contribution in [0.4, 0.5) is 0 Å². The zero-order chi connectivity index (χ0) is 14.2. The van der Waals surface area contributed by atoms with Crippen molar-refractivity contribution in [1.29, 1.82) is 0 Å². The molecule has 0 fully saturated rings. The number of aromatic nitrogens is 3. The number of hydrogen-bond acceptors (Lipinski definition) is 4. The minimum atomic E-state index is -0.585. The Morgan fingerprint density at radius 2 is 2.16 bits per heavy atom. The molecule has 0 aliphatic rings. The van der Waals surface area contributed by atoms with E-state index in [0.717, 1.165) is 0 Å². The van der Waals surface area contributed by atoms with Crippen molar-refractivity contribution in [3.05, 3.63) is 33.3 Å². The minimum Gasteiger partial charge on any atom is -0.460 e. The molecule has 0 radical (unpaired) electrons. The summed E-state index contributed by atoms with van der Waals surface area (Å²) in [7, 11) is 0. The van der Waals surface area contributed by atoms with Gasteiger partial charge in [-0.25, -0.2) is 14.3 Å². The number of esters is 1. The molecule has 6 nitrogen and oxygen atoms in total. The summed E-state index contributed by atoms with van der Waals surface area (Å²) in [6.45, 7) is 5.32. The van der Waals surface area contributed by atoms with Crippen LogP contribution in [0.15, 0.2) is 16.9 Å². The van der Waals surface area contributed by atoms with Crippen LogP contribution in [-0.2, 0) is 16.0 Å². The second-order valence-corrected chi connectivity index (χ2v) is 5.52. The van der Waals surface area contributed by atoms with E-state index in [2.05, 4.69) is 10.2 Å². The van der Waals surface area contributed by atoms with Crippen LogP contribution >= 0.6 is 11.6 Å². The lowest BCUT2D eigenvalue weighted by molar-refractivity contribution is -0.154. The van der Waals surface area contributed by atoms with Crippen LogP contribution in [0.1, 0.15) is 26.5 Å². The monoisotopic (exact) mass is 283 g/mol. The number of halogens is 1. The molecule has 0 amide bonds. The number of hydrogen-bond donors (Lipinski definition) is 1. The molecule has 2 aromatic heterocycles. The van der Waals surface area contributed by atoms with Crippen LogP contribution < -0.4 is 5.69 Å². The van der Waals surface area contributed by atoms with E-state index in [-0.39, 0.29) is 6.42 Å². The van der Waals surface area contributed by atoms with Gasteiger partial charge in [0.05, 0.1) is 17.1 Å². The zero-order valence-electron chi connectivity index (χ0n) is 10.9. The SMILES string of the molecule is CC(C)(C)OC(=O)Cc1c(Cl)ccc2n[nH]c(=O)n12. The fourth-order valence-corrected chi connectivity index (χ4v) is 1.92. The first kappa shape index (κ1) is 13.6. The average molecular weight is 284 g/mol. The molecule has 0 atom stereocenters. The normalized spacial score (nSPS) is 11.8. The number of H-pyrrole nitrogens is 1. The van der Waals surface area contributed by atoms with Gasteiger partial charge in [0.25, 0.3) is 0 Å². The number of nitrogens with one attached hydrogen (secondary N) is 1. The van der Waals surface area contributed by atoms with E-state index in [1.165, 1.54) is 4.40 Å². The summed E-state index contributed by atoms with van der Waals surface area (Å²) >= 11 is 6.04. The molecule has 0 bridgehead atoms. The van der Waals surface area contributed by atoms with Crippen LogP contribution in [0.5, 0.6) is 0 Å². The van der Waals surface area contributed by atoms with Crippen molar-refractivity contribution in [2.75, 3.05) is 0 Å². The summed E-state index contributed by atoms with van der Waals surface area (Å²) in [4.78, 5) is 23.5. The molecule has 0 spiro atoms. The molecule has 1 N–H and O–H groups in total. The molecule has 19 heavy (non-hydrogen) atoms. The molecule has 0 aliphatic carbocycles. The molecule has 0 aromatic carbocycles. The highest BCUT2D eigenvalue weighted by Gasteiger charge is 2.20. The van der Waals surface area contributed by atoms with Gasteiger partial charge in [-0.2, -0.15) is 5.10 Å². The molecule has 0 saturated carbocycles. The Hall–Kier alpha value is -1.82. The van der Waals surface area contributed by atoms with E-state index in [1.807, 2.05) is 0 Å². The quantitative estimate of drug-likeness (QED) is 0.849. The van der Waals surface area contributed by atoms with Crippen molar-refractivity contribution in [2.24, 2.45) is 0 Å². The van der Waals surface area contributed by atoms with E-state index in [9.17, 15) is 9.59 Å². The smallest absolute Gasteiger partial charge is 0.348 e. The van der Waals surface area contributed by atoms with Gasteiger partial charge in [0, 0.05) is 0 Å². The maximum Gasteiger partial charge on any atom is 0.348 e. The average Bonchev–Trinajstić information content (AvgIpc) is 2.62. The number of fused-ring (bicyclic) bond motifs is 1. The number of rotatable bonds is 2. The predicted molar refractivity (Wildman–Crippen MR) is 70.4 cm³/mol. The van der Waals surface area contributed by atoms with Crippen LogP contribution in [0.3, 0.4) is 0 Å². The minimum absolute atomic E-state index is 0.0904. The fourth-order valence-electron chi connectivity index (χ4n) is 1.71. The Labute approximate surface area is 114 Å². The topological polar surface area (TPSA) is 76.5 Å². The lowest BCUT2D eigenvalue weighted by Crippen LogP contribution is -2.26. The van der Waals surface area contributed by atoms with Gasteiger partial charge >= 0.3 is 11.7 Å². The van der Waals surface area contributed by atoms with Crippen LogP contribution in [0, 0.1) is 0 Å². The standard InChI is InChI=1S/C12H14ClN3O3/c1-12(2,3)19-10(17)6-8-7(13)4-5-9-14-15-11(18)16(8)9/h4-5H,6H2,1-3H3,(H,15,18). The first-order valence-corrected chi connectivity index (χ1v) is 6.12. The predicted octanol–water partition coefficient (Wildman–Crippen LogP) is 1.56. The number of ether oxygens (including phenoxy) is 1. The summed E-state index contributed by atoms with van der Waals surface area (Å²) in [6.07, 6.45) is -0.0904. The molecule has 7 heteroatoms. The third kappa shape index (κ3) is 2.96. The van der Waals surface area contributed by atoms with Crippen LogP contribution in [0.2, 0.25) is 5.02 Å². The summed E-state index contributed by atoms with van der Waals surface area (Å²) in [6, 6.07) is 3.19. The summed E-state index contributed by atoms with van der Waals surface area (Å²) in [5.74, 6) is -0.449. The van der Waals surface area contributed by atoms with Crippen molar-refractivity contribution in [2.45, 2.75) is 32.8 Å². The zero-order valence-corrected chi connectivity index (χ0v) is 11.6. The van der Waals surface area contributed by atoms with Crippen LogP contribution in [-0.4, -0.2) is 26.2 Å². The lowest BCUT2D eigenvalue weighted by atomic mass is 10.2. The Bertz CT molecular complexity index is 682. The van der Waals surface area contributed by atoms with Crippen molar-refractivity contribution in [3.8, 4) is 0 Å². The van der Waals surface area contributed by atoms with Crippen LogP contribution in [0.25, 0.3) is 5.65 Å². The van der Waals surface area contributed by atoms with Gasteiger partial charge in [-0.3, -0.25) is 4.79 Å². The number of pyridine rings is 1. The number of nitrogens with zero attached hydrogens (tertiary/aromatic N) is 2. The summed E-state index contributed by atoms with van der Waals surface area (Å²) in [5.41, 5.74) is -0.241. The Kier molecular flexibility index (Phi) is 3.36. The molecule has 2 heterocycles. The van der Waals surface area contributed by atoms with Gasteiger partial charge in [-0.05, 0) is 32.9 Å². The highest BCUT2D eigenvalue weighted by molar-refractivity contribution is 6.31. The summed E-state index contributed by atoms with van der Waals surface area (Å²) in [5, 5.41) is 6.45. The van der Waals surface area contributed by atoms with Crippen molar-refractivity contribution in [3.63, 3.8) is 0 Å². The number of carbonyl (C=O) groups excluding carboxylic acids is 1. The van der Waals surface area contributed by atoms with Gasteiger partial charge < -0.3 is 4.74 Å². The Morgan fingerprint density at radius 1 is 1.47 bits per heavy atom. The first-order chi connectivity index (χ1) is 8.78. The third-order valence-electron chi connectivity index (χ3n) is 2.35. The van der Waals surface area contributed by atoms with Gasteiger partial charge in [-0.1, -0.05) is 11.6 Å². The van der Waals surface area contributed by atoms with Crippen molar-refractivity contribution < 1.29 is 9.53 Å². The molecular weight excluding hydrogens is 270 g/mol. The number of carbonyl (C=O) groups is 1. The van der Waals surface area contributed by atoms with E-state index < -0.39 is 17.3 Å². The van der Waals surface area contributed by atoms with Gasteiger partial charge in [0.2, 0.25) is 0 Å². The fraction of sp³-hybridized carbons (Fsp3) is 0.417. The van der Waals surface area contributed by atoms with E-state index in [4.69, 9.17) is 16.3 Å². The van der Waals surface area contributed by atoms with Gasteiger partial charge in [0.1, 0.15) is 5.60 Å². The lowest BCUT2D eigenvalue weighted by Gasteiger charge is -2.19. The largest absolute Gasteiger partial charge is 0.460 e. The Morgan fingerprint density at radius 3 is 2.79 bits per heavy atom. The van der Waals surface area contributed by atoms with E-state index in [1.54, 1.807) is 32.9 Å². The molecule has 2 aromatic rings. The molecular formula is C12H14ClN3O3. The maximum atomic E-state index is 11.8. The number of aromatic amines is 1.